The van der Waals surface area contributed by atoms with Gasteiger partial charge in [0.25, 0.3) is 10.0 Å². The maximum Gasteiger partial charge on any atom is 0.312 e. The van der Waals surface area contributed by atoms with Crippen molar-refractivity contribution in [3.8, 4) is 18.1 Å². The van der Waals surface area contributed by atoms with Gasteiger partial charge in [-0.1, -0.05) is 12.0 Å². The molecule has 2 aromatic carbocycles. The topological polar surface area (TPSA) is 110 Å². The van der Waals surface area contributed by atoms with Crippen LogP contribution in [0.5, 0.6) is 5.75 Å². The molecule has 0 fully saturated rings. The Hall–Kier alpha value is -3.05. The molecule has 0 spiro atoms. The zero-order chi connectivity index (χ0) is 16.3. The second-order valence-corrected chi connectivity index (χ2v) is 5.92. The van der Waals surface area contributed by atoms with Gasteiger partial charge in [-0.05, 0) is 30.3 Å². The van der Waals surface area contributed by atoms with Crippen molar-refractivity contribution in [3.63, 3.8) is 0 Å². The number of phenolic OH excluding ortho intramolecular Hbond substituents is 1. The Kier molecular flexibility index (Phi) is 4.01. The summed E-state index contributed by atoms with van der Waals surface area (Å²) in [5.74, 6) is 1.75. The van der Waals surface area contributed by atoms with E-state index < -0.39 is 26.4 Å². The zero-order valence-corrected chi connectivity index (χ0v) is 11.9. The number of anilines is 1. The second kappa shape index (κ2) is 5.75. The van der Waals surface area contributed by atoms with Crippen molar-refractivity contribution in [2.45, 2.75) is 4.90 Å². The summed E-state index contributed by atoms with van der Waals surface area (Å²) in [6, 6.07) is 8.94. The number of terminal acetylenes is 1. The van der Waals surface area contributed by atoms with Crippen molar-refractivity contribution in [1.29, 1.82) is 0 Å². The van der Waals surface area contributed by atoms with E-state index in [1.807, 2.05) is 0 Å². The largest absolute Gasteiger partial charge is 0.502 e. The molecular weight excluding hydrogens is 308 g/mol. The van der Waals surface area contributed by atoms with Gasteiger partial charge in [0.15, 0.2) is 5.75 Å². The van der Waals surface area contributed by atoms with Crippen molar-refractivity contribution in [3.05, 3.63) is 58.1 Å². The van der Waals surface area contributed by atoms with Crippen LogP contribution in [0.3, 0.4) is 0 Å². The van der Waals surface area contributed by atoms with Gasteiger partial charge < -0.3 is 5.11 Å². The van der Waals surface area contributed by atoms with E-state index in [0.717, 1.165) is 18.2 Å². The fourth-order valence-electron chi connectivity index (χ4n) is 1.70. The highest BCUT2D eigenvalue weighted by molar-refractivity contribution is 7.92. The summed E-state index contributed by atoms with van der Waals surface area (Å²) in [5.41, 5.74) is 0.0170. The van der Waals surface area contributed by atoms with Crippen LogP contribution in [0.1, 0.15) is 5.56 Å². The summed E-state index contributed by atoms with van der Waals surface area (Å²) >= 11 is 0. The molecule has 2 N–H and O–H groups in total. The van der Waals surface area contributed by atoms with Crippen LogP contribution < -0.4 is 4.72 Å². The molecule has 2 aromatic rings. The number of nitrogens with one attached hydrogen (secondary N) is 1. The van der Waals surface area contributed by atoms with Crippen LogP contribution in [0.25, 0.3) is 0 Å². The number of hydrogen-bond donors (Lipinski definition) is 2. The summed E-state index contributed by atoms with van der Waals surface area (Å²) in [4.78, 5) is 9.54. The van der Waals surface area contributed by atoms with Crippen LogP contribution in [0, 0.1) is 22.5 Å². The number of benzene rings is 2. The summed E-state index contributed by atoms with van der Waals surface area (Å²) in [6.07, 6.45) is 5.23. The number of aromatic hydroxyl groups is 1. The second-order valence-electron chi connectivity index (χ2n) is 4.24. The van der Waals surface area contributed by atoms with E-state index in [9.17, 15) is 23.6 Å². The molecule has 0 aromatic heterocycles. The highest BCUT2D eigenvalue weighted by Crippen LogP contribution is 2.29. The zero-order valence-electron chi connectivity index (χ0n) is 11.1. The third-order valence-electron chi connectivity index (χ3n) is 2.74. The molecule has 0 aliphatic heterocycles. The fraction of sp³-hybridized carbons (Fsp3) is 0. The van der Waals surface area contributed by atoms with E-state index >= 15 is 0 Å². The van der Waals surface area contributed by atoms with E-state index in [1.165, 1.54) is 12.1 Å². The average Bonchev–Trinajstić information content (AvgIpc) is 2.46. The van der Waals surface area contributed by atoms with E-state index in [1.54, 1.807) is 12.1 Å². The standard InChI is InChI=1S/C14H10N2O5S/c1-2-10-4-3-5-11(8-10)15-22(20,21)12-6-7-14(17)13(9-12)16(18)19/h1,3-9,15,17H. The molecule has 0 bridgehead atoms. The van der Waals surface area contributed by atoms with Gasteiger partial charge in [0.2, 0.25) is 0 Å². The number of nitro benzene ring substituents is 1. The summed E-state index contributed by atoms with van der Waals surface area (Å²) < 4.78 is 26.7. The Morgan fingerprint density at radius 1 is 1.23 bits per heavy atom. The minimum atomic E-state index is -4.05. The van der Waals surface area contributed by atoms with Crippen molar-refractivity contribution < 1.29 is 18.4 Å². The molecule has 7 nitrogen and oxygen atoms in total. The Balaban J connectivity index is 2.41. The number of sulfonamides is 1. The molecule has 0 heterocycles. The van der Waals surface area contributed by atoms with Gasteiger partial charge in [-0.3, -0.25) is 14.8 Å². The van der Waals surface area contributed by atoms with Gasteiger partial charge >= 0.3 is 5.69 Å². The van der Waals surface area contributed by atoms with Crippen LogP contribution in [0.4, 0.5) is 11.4 Å². The Labute approximate surface area is 126 Å². The molecule has 0 amide bonds. The van der Waals surface area contributed by atoms with Gasteiger partial charge in [-0.2, -0.15) is 0 Å². The molecule has 0 atom stereocenters. The van der Waals surface area contributed by atoms with Crippen LogP contribution in [-0.4, -0.2) is 18.4 Å². The van der Waals surface area contributed by atoms with Gasteiger partial charge in [0.1, 0.15) is 0 Å². The van der Waals surface area contributed by atoms with E-state index in [-0.39, 0.29) is 10.6 Å². The lowest BCUT2D eigenvalue weighted by Crippen LogP contribution is -2.13. The van der Waals surface area contributed by atoms with E-state index in [4.69, 9.17) is 6.42 Å². The predicted molar refractivity (Wildman–Crippen MR) is 79.9 cm³/mol. The molecule has 112 valence electrons. The van der Waals surface area contributed by atoms with Gasteiger partial charge in [0.05, 0.1) is 15.5 Å². The third-order valence-corrected chi connectivity index (χ3v) is 4.11. The summed E-state index contributed by atoms with van der Waals surface area (Å²) in [7, 11) is -4.05. The minimum absolute atomic E-state index is 0.228. The Bertz CT molecular complexity index is 884. The Morgan fingerprint density at radius 2 is 1.95 bits per heavy atom. The summed E-state index contributed by atoms with van der Waals surface area (Å²) in [5, 5.41) is 20.1. The average molecular weight is 318 g/mol. The molecule has 8 heteroatoms. The number of phenols is 1. The smallest absolute Gasteiger partial charge is 0.312 e. The molecule has 0 saturated heterocycles. The highest BCUT2D eigenvalue weighted by Gasteiger charge is 2.21. The first-order chi connectivity index (χ1) is 10.3. The predicted octanol–water partition coefficient (Wildman–Crippen LogP) is 2.08. The van der Waals surface area contributed by atoms with Crippen molar-refractivity contribution in [2.75, 3.05) is 4.72 Å². The van der Waals surface area contributed by atoms with E-state index in [0.29, 0.717) is 5.56 Å². The molecule has 0 unspecified atom stereocenters. The van der Waals surface area contributed by atoms with Gasteiger partial charge in [-0.25, -0.2) is 8.42 Å². The maximum atomic E-state index is 12.2. The molecule has 22 heavy (non-hydrogen) atoms. The molecular formula is C14H10N2O5S. The van der Waals surface area contributed by atoms with Crippen molar-refractivity contribution in [2.24, 2.45) is 0 Å². The SMILES string of the molecule is C#Cc1cccc(NS(=O)(=O)c2ccc(O)c([N+](=O)[O-])c2)c1. The Morgan fingerprint density at radius 3 is 2.59 bits per heavy atom. The minimum Gasteiger partial charge on any atom is -0.502 e. The quantitative estimate of drug-likeness (QED) is 0.509. The number of rotatable bonds is 4. The molecule has 0 aliphatic carbocycles. The van der Waals surface area contributed by atoms with Gasteiger partial charge in [-0.15, -0.1) is 6.42 Å². The molecule has 0 radical (unpaired) electrons. The van der Waals surface area contributed by atoms with Crippen LogP contribution >= 0.6 is 0 Å². The lowest BCUT2D eigenvalue weighted by Gasteiger charge is -2.08. The molecule has 0 aliphatic rings. The number of hydrogen-bond acceptors (Lipinski definition) is 5. The van der Waals surface area contributed by atoms with Crippen molar-refractivity contribution >= 4 is 21.4 Å². The fourth-order valence-corrected chi connectivity index (χ4v) is 2.77. The van der Waals surface area contributed by atoms with E-state index in [2.05, 4.69) is 10.6 Å². The number of nitro groups is 1. The first-order valence-electron chi connectivity index (χ1n) is 5.90. The molecule has 2 rings (SSSR count). The maximum absolute atomic E-state index is 12.2. The lowest BCUT2D eigenvalue weighted by molar-refractivity contribution is -0.386. The normalized spacial score (nSPS) is 10.7. The van der Waals surface area contributed by atoms with Crippen LogP contribution in [0.15, 0.2) is 47.4 Å². The first-order valence-corrected chi connectivity index (χ1v) is 7.39. The highest BCUT2D eigenvalue weighted by atomic mass is 32.2. The van der Waals surface area contributed by atoms with Crippen LogP contribution in [0.2, 0.25) is 0 Å². The third kappa shape index (κ3) is 3.16. The van der Waals surface area contributed by atoms with Gasteiger partial charge in [0, 0.05) is 11.6 Å². The lowest BCUT2D eigenvalue weighted by atomic mass is 10.2. The number of nitrogens with zero attached hydrogens (tertiary/aromatic N) is 1. The summed E-state index contributed by atoms with van der Waals surface area (Å²) in [6.45, 7) is 0. The molecule has 0 saturated carbocycles. The van der Waals surface area contributed by atoms with Crippen molar-refractivity contribution in [1.82, 2.24) is 0 Å². The van der Waals surface area contributed by atoms with Crippen LogP contribution in [-0.2, 0) is 10.0 Å². The monoisotopic (exact) mass is 318 g/mol. The first kappa shape index (κ1) is 15.3.